The van der Waals surface area contributed by atoms with Crippen LogP contribution in [0, 0.1) is 10.1 Å². The van der Waals surface area contributed by atoms with Gasteiger partial charge in [0.2, 0.25) is 0 Å². The van der Waals surface area contributed by atoms with Gasteiger partial charge in [0, 0.05) is 24.7 Å². The monoisotopic (exact) mass is 368 g/mol. The Labute approximate surface area is 152 Å². The normalized spacial score (nSPS) is 14.6. The number of anilines is 1. The van der Waals surface area contributed by atoms with Gasteiger partial charge in [-0.3, -0.25) is 14.9 Å². The highest BCUT2D eigenvalue weighted by atomic mass is 32.1. The molecule has 8 heteroatoms. The Kier molecular flexibility index (Phi) is 4.04. The van der Waals surface area contributed by atoms with E-state index < -0.39 is 10.8 Å². The average molecular weight is 368 g/mol. The second kappa shape index (κ2) is 6.38. The Hall–Kier alpha value is -3.00. The summed E-state index contributed by atoms with van der Waals surface area (Å²) in [6, 6.07) is 12.5. The molecule has 3 aromatic rings. The second-order valence-electron chi connectivity index (χ2n) is 6.24. The van der Waals surface area contributed by atoms with Crippen molar-refractivity contribution in [1.29, 1.82) is 0 Å². The molecule has 1 aliphatic rings. The molecule has 1 amide bonds. The fourth-order valence-corrected chi connectivity index (χ4v) is 3.74. The third kappa shape index (κ3) is 3.11. The van der Waals surface area contributed by atoms with Crippen molar-refractivity contribution in [1.82, 2.24) is 4.57 Å². The summed E-state index contributed by atoms with van der Waals surface area (Å²) >= 11 is 1.41. The number of nitrogens with zero attached hydrogens (tertiary/aromatic N) is 3. The molecular weight excluding hydrogens is 352 g/mol. The predicted octanol–water partition coefficient (Wildman–Crippen LogP) is 3.46. The number of thiazole rings is 1. The molecule has 0 radical (unpaired) electrons. The van der Waals surface area contributed by atoms with E-state index in [9.17, 15) is 14.9 Å². The van der Waals surface area contributed by atoms with Crippen LogP contribution in [0.25, 0.3) is 10.2 Å². The SMILES string of the molecule is Cn1c(=NC(=O)c2ccc(NC3CC3)c([N+](=O)[O-])c2)sc2ccccc21. The zero-order valence-electron chi connectivity index (χ0n) is 14.0. The van der Waals surface area contributed by atoms with Gasteiger partial charge in [0.05, 0.1) is 15.1 Å². The van der Waals surface area contributed by atoms with Gasteiger partial charge >= 0.3 is 0 Å². The number of nitro groups is 1. The number of carbonyl (C=O) groups is 1. The summed E-state index contributed by atoms with van der Waals surface area (Å²) in [6.45, 7) is 0. The first-order valence-electron chi connectivity index (χ1n) is 8.21. The molecule has 0 atom stereocenters. The van der Waals surface area contributed by atoms with Crippen LogP contribution in [0.15, 0.2) is 47.5 Å². The van der Waals surface area contributed by atoms with Crippen LogP contribution in [-0.4, -0.2) is 21.4 Å². The van der Waals surface area contributed by atoms with Crippen LogP contribution in [0.2, 0.25) is 0 Å². The number of amides is 1. The van der Waals surface area contributed by atoms with Crippen LogP contribution in [0.1, 0.15) is 23.2 Å². The number of nitrogens with one attached hydrogen (secondary N) is 1. The molecule has 26 heavy (non-hydrogen) atoms. The molecule has 2 aromatic carbocycles. The molecule has 0 unspecified atom stereocenters. The molecule has 1 saturated carbocycles. The van der Waals surface area contributed by atoms with E-state index in [0.717, 1.165) is 23.1 Å². The maximum absolute atomic E-state index is 12.5. The fraction of sp³-hybridized carbons (Fsp3) is 0.222. The summed E-state index contributed by atoms with van der Waals surface area (Å²) < 4.78 is 2.87. The highest BCUT2D eigenvalue weighted by Gasteiger charge is 2.25. The average Bonchev–Trinajstić information content (AvgIpc) is 3.39. The highest BCUT2D eigenvalue weighted by Crippen LogP contribution is 2.31. The molecule has 1 aliphatic carbocycles. The van der Waals surface area contributed by atoms with Gasteiger partial charge in [-0.15, -0.1) is 0 Å². The van der Waals surface area contributed by atoms with Gasteiger partial charge < -0.3 is 9.88 Å². The minimum Gasteiger partial charge on any atom is -0.377 e. The number of para-hydroxylation sites is 1. The predicted molar refractivity (Wildman–Crippen MR) is 100 cm³/mol. The number of rotatable bonds is 4. The highest BCUT2D eigenvalue weighted by molar-refractivity contribution is 7.16. The molecule has 1 aromatic heterocycles. The topological polar surface area (TPSA) is 89.5 Å². The quantitative estimate of drug-likeness (QED) is 0.564. The van der Waals surface area contributed by atoms with Gasteiger partial charge in [0.15, 0.2) is 4.80 Å². The molecule has 0 spiro atoms. The molecule has 0 aliphatic heterocycles. The number of fused-ring (bicyclic) bond motifs is 1. The van der Waals surface area contributed by atoms with Gasteiger partial charge in [-0.1, -0.05) is 23.5 Å². The smallest absolute Gasteiger partial charge is 0.293 e. The van der Waals surface area contributed by atoms with Crippen LogP contribution in [-0.2, 0) is 7.05 Å². The van der Waals surface area contributed by atoms with Crippen LogP contribution >= 0.6 is 11.3 Å². The Morgan fingerprint density at radius 3 is 2.77 bits per heavy atom. The van der Waals surface area contributed by atoms with Gasteiger partial charge in [-0.2, -0.15) is 4.99 Å². The van der Waals surface area contributed by atoms with Gasteiger partial charge in [0.25, 0.3) is 11.6 Å². The Bertz CT molecular complexity index is 1100. The molecule has 4 rings (SSSR count). The van der Waals surface area contributed by atoms with Crippen molar-refractivity contribution < 1.29 is 9.72 Å². The molecule has 0 saturated heterocycles. The number of benzene rings is 2. The molecule has 1 heterocycles. The van der Waals surface area contributed by atoms with E-state index in [1.165, 1.54) is 17.4 Å². The van der Waals surface area contributed by atoms with E-state index >= 15 is 0 Å². The van der Waals surface area contributed by atoms with Crippen molar-refractivity contribution in [2.24, 2.45) is 12.0 Å². The molecular formula is C18H16N4O3S. The van der Waals surface area contributed by atoms with Crippen molar-refractivity contribution in [2.75, 3.05) is 5.32 Å². The third-order valence-corrected chi connectivity index (χ3v) is 5.40. The third-order valence-electron chi connectivity index (χ3n) is 4.29. The zero-order valence-corrected chi connectivity index (χ0v) is 14.8. The van der Waals surface area contributed by atoms with E-state index in [4.69, 9.17) is 0 Å². The van der Waals surface area contributed by atoms with Crippen molar-refractivity contribution >= 4 is 38.8 Å². The van der Waals surface area contributed by atoms with Gasteiger partial charge in [-0.25, -0.2) is 0 Å². The number of nitro benzene ring substituents is 1. The van der Waals surface area contributed by atoms with Crippen LogP contribution in [0.5, 0.6) is 0 Å². The first-order chi connectivity index (χ1) is 12.5. The van der Waals surface area contributed by atoms with Crippen molar-refractivity contribution in [3.05, 3.63) is 62.9 Å². The summed E-state index contributed by atoms with van der Waals surface area (Å²) in [7, 11) is 1.84. The standard InChI is InChI=1S/C18H16N4O3S/c1-21-14-4-2-3-5-16(14)26-18(21)20-17(23)11-6-9-13(19-12-7-8-12)15(10-11)22(24)25/h2-6,9-10,12,19H,7-8H2,1H3. The number of aryl methyl sites for hydroxylation is 1. The first-order valence-corrected chi connectivity index (χ1v) is 9.03. The fourth-order valence-electron chi connectivity index (χ4n) is 2.73. The molecule has 7 nitrogen and oxygen atoms in total. The lowest BCUT2D eigenvalue weighted by Gasteiger charge is -2.06. The van der Waals surface area contributed by atoms with E-state index in [1.807, 2.05) is 35.9 Å². The summed E-state index contributed by atoms with van der Waals surface area (Å²) in [5.74, 6) is -0.492. The van der Waals surface area contributed by atoms with Crippen LogP contribution in [0.4, 0.5) is 11.4 Å². The van der Waals surface area contributed by atoms with Gasteiger partial charge in [-0.05, 0) is 37.1 Å². The van der Waals surface area contributed by atoms with Crippen LogP contribution < -0.4 is 10.1 Å². The van der Waals surface area contributed by atoms with E-state index in [-0.39, 0.29) is 17.3 Å². The lowest BCUT2D eigenvalue weighted by atomic mass is 10.1. The van der Waals surface area contributed by atoms with Gasteiger partial charge in [0.1, 0.15) is 5.69 Å². The number of hydrogen-bond acceptors (Lipinski definition) is 5. The van der Waals surface area contributed by atoms with Crippen LogP contribution in [0.3, 0.4) is 0 Å². The van der Waals surface area contributed by atoms with Crippen molar-refractivity contribution in [2.45, 2.75) is 18.9 Å². The second-order valence-corrected chi connectivity index (χ2v) is 7.25. The summed E-state index contributed by atoms with van der Waals surface area (Å²) in [6.07, 6.45) is 2.02. The first kappa shape index (κ1) is 16.5. The molecule has 1 N–H and O–H groups in total. The Morgan fingerprint density at radius 2 is 2.08 bits per heavy atom. The van der Waals surface area contributed by atoms with Crippen molar-refractivity contribution in [3.8, 4) is 0 Å². The van der Waals surface area contributed by atoms with Crippen molar-refractivity contribution in [3.63, 3.8) is 0 Å². The lowest BCUT2D eigenvalue weighted by molar-refractivity contribution is -0.384. The zero-order chi connectivity index (χ0) is 18.3. The number of carbonyl (C=O) groups excluding carboxylic acids is 1. The summed E-state index contributed by atoms with van der Waals surface area (Å²) in [5, 5.41) is 14.5. The number of aromatic nitrogens is 1. The maximum Gasteiger partial charge on any atom is 0.293 e. The maximum atomic E-state index is 12.5. The molecule has 1 fully saturated rings. The minimum atomic E-state index is -0.492. The van der Waals surface area contributed by atoms with E-state index in [0.29, 0.717) is 10.5 Å². The molecule has 132 valence electrons. The van der Waals surface area contributed by atoms with E-state index in [1.54, 1.807) is 12.1 Å². The Balaban J connectivity index is 1.72. The summed E-state index contributed by atoms with van der Waals surface area (Å²) in [5.41, 5.74) is 1.54. The molecule has 0 bridgehead atoms. The largest absolute Gasteiger partial charge is 0.377 e. The summed E-state index contributed by atoms with van der Waals surface area (Å²) in [4.78, 5) is 28.1. The minimum absolute atomic E-state index is 0.0985. The van der Waals surface area contributed by atoms with E-state index in [2.05, 4.69) is 10.3 Å². The lowest BCUT2D eigenvalue weighted by Crippen LogP contribution is -2.13. The Morgan fingerprint density at radius 1 is 1.31 bits per heavy atom. The number of hydrogen-bond donors (Lipinski definition) is 1.